The van der Waals surface area contributed by atoms with Crippen molar-refractivity contribution >= 4 is 12.2 Å². The molecule has 5 heteroatoms. The maximum absolute atomic E-state index is 5.36. The molecule has 0 amide bonds. The molecule has 0 saturated carbocycles. The third-order valence-corrected chi connectivity index (χ3v) is 3.38. The first-order valence-corrected chi connectivity index (χ1v) is 6.46. The van der Waals surface area contributed by atoms with Crippen molar-refractivity contribution < 1.29 is 0 Å². The van der Waals surface area contributed by atoms with Gasteiger partial charge in [0.25, 0.3) is 0 Å². The molecule has 0 radical (unpaired) electrons. The summed E-state index contributed by atoms with van der Waals surface area (Å²) in [5.41, 5.74) is 3.38. The fraction of sp³-hybridized carbons (Fsp3) is 0.143. The summed E-state index contributed by atoms with van der Waals surface area (Å²) in [5.74, 6) is 0. The topological polar surface area (TPSA) is 38.5 Å². The minimum absolute atomic E-state index is 0.723. The smallest absolute Gasteiger partial charge is 0.177 e. The quantitative estimate of drug-likeness (QED) is 0.743. The molecule has 0 unspecified atom stereocenters. The number of rotatable bonds is 3. The Hall–Kier alpha value is -2.14. The van der Waals surface area contributed by atoms with Gasteiger partial charge >= 0.3 is 0 Å². The second-order valence-corrected chi connectivity index (χ2v) is 4.84. The van der Waals surface area contributed by atoms with E-state index in [-0.39, 0.29) is 0 Å². The minimum atomic E-state index is 0.723. The highest BCUT2D eigenvalue weighted by Gasteiger charge is 2.07. The van der Waals surface area contributed by atoms with Crippen molar-refractivity contribution in [3.05, 3.63) is 59.3 Å². The summed E-state index contributed by atoms with van der Waals surface area (Å²) in [6.45, 7) is 0.723. The van der Waals surface area contributed by atoms with Gasteiger partial charge in [0.1, 0.15) is 0 Å². The standard InChI is InChI=1S/C14H14N4S/c1-17-9-11(7-16-17)10-18-13(8-15-14(18)19)12-5-3-2-4-6-12/h2-9H,10H2,1H3,(H,15,19). The monoisotopic (exact) mass is 270 g/mol. The van der Waals surface area contributed by atoms with Gasteiger partial charge in [0.15, 0.2) is 4.77 Å². The van der Waals surface area contributed by atoms with E-state index in [1.165, 1.54) is 0 Å². The molecular weight excluding hydrogens is 256 g/mol. The minimum Gasteiger partial charge on any atom is -0.337 e. The maximum atomic E-state index is 5.36. The van der Waals surface area contributed by atoms with Gasteiger partial charge in [-0.25, -0.2) is 0 Å². The van der Waals surface area contributed by atoms with Crippen molar-refractivity contribution in [3.63, 3.8) is 0 Å². The average molecular weight is 270 g/mol. The van der Waals surface area contributed by atoms with Crippen LogP contribution in [0.3, 0.4) is 0 Å². The molecule has 0 atom stereocenters. The second-order valence-electron chi connectivity index (χ2n) is 4.45. The molecule has 0 fully saturated rings. The zero-order chi connectivity index (χ0) is 13.2. The summed E-state index contributed by atoms with van der Waals surface area (Å²) in [4.78, 5) is 3.11. The summed E-state index contributed by atoms with van der Waals surface area (Å²) in [6, 6.07) is 10.2. The Kier molecular flexibility index (Phi) is 3.05. The van der Waals surface area contributed by atoms with Gasteiger partial charge in [-0.15, -0.1) is 0 Å². The number of benzene rings is 1. The van der Waals surface area contributed by atoms with E-state index in [0.717, 1.165) is 28.1 Å². The lowest BCUT2D eigenvalue weighted by molar-refractivity contribution is 0.761. The van der Waals surface area contributed by atoms with Crippen LogP contribution in [0.4, 0.5) is 0 Å². The first-order chi connectivity index (χ1) is 9.24. The van der Waals surface area contributed by atoms with Crippen LogP contribution in [0.25, 0.3) is 11.3 Å². The number of hydrogen-bond acceptors (Lipinski definition) is 2. The summed E-state index contributed by atoms with van der Waals surface area (Å²) in [6.07, 6.45) is 5.82. The van der Waals surface area contributed by atoms with Crippen LogP contribution in [0.15, 0.2) is 48.9 Å². The van der Waals surface area contributed by atoms with Crippen LogP contribution in [-0.4, -0.2) is 19.3 Å². The average Bonchev–Trinajstić information content (AvgIpc) is 2.99. The fourth-order valence-corrected chi connectivity index (χ4v) is 2.36. The van der Waals surface area contributed by atoms with Gasteiger partial charge in [0.05, 0.1) is 18.4 Å². The maximum Gasteiger partial charge on any atom is 0.177 e. The van der Waals surface area contributed by atoms with Crippen LogP contribution < -0.4 is 0 Å². The fourth-order valence-electron chi connectivity index (χ4n) is 2.14. The van der Waals surface area contributed by atoms with Crippen molar-refractivity contribution in [2.24, 2.45) is 7.05 Å². The molecule has 1 aromatic carbocycles. The lowest BCUT2D eigenvalue weighted by Gasteiger charge is -2.06. The van der Waals surface area contributed by atoms with E-state index < -0.39 is 0 Å². The molecule has 0 saturated heterocycles. The highest BCUT2D eigenvalue weighted by atomic mass is 32.1. The Morgan fingerprint density at radius 1 is 1.26 bits per heavy atom. The number of nitrogens with zero attached hydrogens (tertiary/aromatic N) is 3. The van der Waals surface area contributed by atoms with E-state index in [4.69, 9.17) is 12.2 Å². The van der Waals surface area contributed by atoms with Gasteiger partial charge in [-0.2, -0.15) is 5.10 Å². The number of hydrogen-bond donors (Lipinski definition) is 1. The Bertz CT molecular complexity index is 736. The van der Waals surface area contributed by atoms with Crippen LogP contribution in [0, 0.1) is 4.77 Å². The number of aryl methyl sites for hydroxylation is 1. The highest BCUT2D eigenvalue weighted by Crippen LogP contribution is 2.20. The van der Waals surface area contributed by atoms with E-state index >= 15 is 0 Å². The molecule has 19 heavy (non-hydrogen) atoms. The lowest BCUT2D eigenvalue weighted by atomic mass is 10.1. The number of nitrogens with one attached hydrogen (secondary N) is 1. The lowest BCUT2D eigenvalue weighted by Crippen LogP contribution is -2.01. The summed E-state index contributed by atoms with van der Waals surface area (Å²) in [5, 5.41) is 4.19. The molecule has 2 heterocycles. The van der Waals surface area contributed by atoms with Crippen LogP contribution in [-0.2, 0) is 13.6 Å². The van der Waals surface area contributed by atoms with E-state index in [9.17, 15) is 0 Å². The third-order valence-electron chi connectivity index (χ3n) is 3.04. The van der Waals surface area contributed by atoms with E-state index in [0.29, 0.717) is 0 Å². The van der Waals surface area contributed by atoms with Crippen LogP contribution in [0.2, 0.25) is 0 Å². The zero-order valence-corrected chi connectivity index (χ0v) is 11.4. The SMILES string of the molecule is Cn1cc(Cn2c(-c3ccccc3)c[nH]c2=S)cn1. The van der Waals surface area contributed by atoms with Gasteiger partial charge in [0, 0.05) is 25.0 Å². The van der Waals surface area contributed by atoms with Crippen LogP contribution in [0.1, 0.15) is 5.56 Å². The van der Waals surface area contributed by atoms with Gasteiger partial charge in [-0.05, 0) is 17.8 Å². The molecule has 3 aromatic rings. The van der Waals surface area contributed by atoms with Crippen molar-refractivity contribution in [2.45, 2.75) is 6.54 Å². The number of imidazole rings is 1. The van der Waals surface area contributed by atoms with E-state index in [1.807, 2.05) is 43.8 Å². The predicted molar refractivity (Wildman–Crippen MR) is 77.4 cm³/mol. The van der Waals surface area contributed by atoms with E-state index in [1.54, 1.807) is 4.68 Å². The second kappa shape index (κ2) is 4.85. The van der Waals surface area contributed by atoms with Crippen molar-refractivity contribution in [1.29, 1.82) is 0 Å². The molecule has 96 valence electrons. The number of aromatic amines is 1. The van der Waals surface area contributed by atoms with Crippen molar-refractivity contribution in [3.8, 4) is 11.3 Å². The molecule has 3 rings (SSSR count). The molecule has 1 N–H and O–H groups in total. The molecule has 0 aliphatic heterocycles. The Labute approximate surface area is 116 Å². The Morgan fingerprint density at radius 3 is 2.74 bits per heavy atom. The normalized spacial score (nSPS) is 10.8. The van der Waals surface area contributed by atoms with Gasteiger partial charge in [0.2, 0.25) is 0 Å². The summed E-state index contributed by atoms with van der Waals surface area (Å²) < 4.78 is 4.61. The van der Waals surface area contributed by atoms with Crippen LogP contribution in [0.5, 0.6) is 0 Å². The van der Waals surface area contributed by atoms with Gasteiger partial charge in [-0.3, -0.25) is 4.68 Å². The predicted octanol–water partition coefficient (Wildman–Crippen LogP) is 2.99. The Balaban J connectivity index is 2.02. The largest absolute Gasteiger partial charge is 0.337 e. The number of H-pyrrole nitrogens is 1. The molecular formula is C14H14N4S. The zero-order valence-electron chi connectivity index (χ0n) is 10.6. The van der Waals surface area contributed by atoms with Crippen LogP contribution >= 0.6 is 12.2 Å². The summed E-state index contributed by atoms with van der Waals surface area (Å²) >= 11 is 5.36. The molecule has 0 aliphatic carbocycles. The van der Waals surface area contributed by atoms with Gasteiger partial charge < -0.3 is 9.55 Å². The number of aromatic nitrogens is 4. The summed E-state index contributed by atoms with van der Waals surface area (Å²) in [7, 11) is 1.91. The third kappa shape index (κ3) is 2.37. The van der Waals surface area contributed by atoms with Crippen molar-refractivity contribution in [1.82, 2.24) is 19.3 Å². The molecule has 0 spiro atoms. The molecule has 2 aromatic heterocycles. The first kappa shape index (κ1) is 11.9. The first-order valence-electron chi connectivity index (χ1n) is 6.05. The van der Waals surface area contributed by atoms with Crippen molar-refractivity contribution in [2.75, 3.05) is 0 Å². The molecule has 0 aliphatic rings. The highest BCUT2D eigenvalue weighted by molar-refractivity contribution is 7.71. The van der Waals surface area contributed by atoms with E-state index in [2.05, 4.69) is 26.8 Å². The Morgan fingerprint density at radius 2 is 2.05 bits per heavy atom. The van der Waals surface area contributed by atoms with Gasteiger partial charge in [-0.1, -0.05) is 30.3 Å². The molecule has 4 nitrogen and oxygen atoms in total. The molecule has 0 bridgehead atoms.